The van der Waals surface area contributed by atoms with E-state index in [1.165, 1.54) is 0 Å². The number of ketones is 1. The number of rotatable bonds is 2. The molecule has 2 heterocycles. The fraction of sp³-hybridized carbons (Fsp3) is 0.500. The van der Waals surface area contributed by atoms with Gasteiger partial charge in [0.15, 0.2) is 5.41 Å². The second-order valence-electron chi connectivity index (χ2n) is 6.58. The zero-order valence-electron chi connectivity index (χ0n) is 13.1. The van der Waals surface area contributed by atoms with Crippen molar-refractivity contribution >= 4 is 23.3 Å². The number of amides is 1. The number of nitrogens with zero attached hydrogens (tertiary/aromatic N) is 1. The lowest BCUT2D eigenvalue weighted by molar-refractivity contribution is -0.162. The predicted octanol–water partition coefficient (Wildman–Crippen LogP) is 1.98. The molecule has 0 N–H and O–H groups in total. The van der Waals surface area contributed by atoms with Crippen LogP contribution in [-0.2, 0) is 25.5 Å². The highest BCUT2D eigenvalue weighted by atomic mass is 16.5. The van der Waals surface area contributed by atoms with Gasteiger partial charge >= 0.3 is 5.97 Å². The van der Waals surface area contributed by atoms with Crippen LogP contribution in [-0.4, -0.2) is 30.8 Å². The topological polar surface area (TPSA) is 63.7 Å². The van der Waals surface area contributed by atoms with Gasteiger partial charge < -0.3 is 9.64 Å². The van der Waals surface area contributed by atoms with Gasteiger partial charge in [-0.25, -0.2) is 0 Å². The highest BCUT2D eigenvalue weighted by Gasteiger charge is 2.64. The van der Waals surface area contributed by atoms with Crippen molar-refractivity contribution in [2.45, 2.75) is 38.5 Å². The van der Waals surface area contributed by atoms with Crippen LogP contribution in [0.15, 0.2) is 18.2 Å². The van der Waals surface area contributed by atoms with E-state index in [4.69, 9.17) is 4.74 Å². The van der Waals surface area contributed by atoms with Crippen LogP contribution in [0.3, 0.4) is 0 Å². The van der Waals surface area contributed by atoms with Gasteiger partial charge in [0.25, 0.3) is 0 Å². The van der Waals surface area contributed by atoms with Crippen LogP contribution in [0.25, 0.3) is 0 Å². The SMILES string of the molecule is CCOC(=O)C12CC(=O)CC1c1cccc3c1N(CCC3)C2=O. The molecule has 0 saturated heterocycles. The Hall–Kier alpha value is -2.17. The number of benzene rings is 1. The molecule has 23 heavy (non-hydrogen) atoms. The maximum Gasteiger partial charge on any atom is 0.322 e. The van der Waals surface area contributed by atoms with Crippen LogP contribution in [0.2, 0.25) is 0 Å². The number of ether oxygens (including phenoxy) is 1. The lowest BCUT2D eigenvalue weighted by atomic mass is 9.68. The molecule has 1 aromatic carbocycles. The summed E-state index contributed by atoms with van der Waals surface area (Å²) in [6, 6.07) is 5.96. The van der Waals surface area contributed by atoms with Crippen molar-refractivity contribution < 1.29 is 19.1 Å². The van der Waals surface area contributed by atoms with E-state index in [0.717, 1.165) is 29.7 Å². The predicted molar refractivity (Wildman–Crippen MR) is 83.2 cm³/mol. The number of carbonyl (C=O) groups is 3. The van der Waals surface area contributed by atoms with Gasteiger partial charge in [-0.1, -0.05) is 18.2 Å². The summed E-state index contributed by atoms with van der Waals surface area (Å²) in [6.07, 6.45) is 2.02. The van der Waals surface area contributed by atoms with Crippen molar-refractivity contribution in [3.05, 3.63) is 29.3 Å². The summed E-state index contributed by atoms with van der Waals surface area (Å²) in [5.74, 6) is -1.20. The zero-order chi connectivity index (χ0) is 16.2. The van der Waals surface area contributed by atoms with Crippen LogP contribution in [0.4, 0.5) is 5.69 Å². The molecule has 0 bridgehead atoms. The van der Waals surface area contributed by atoms with Crippen molar-refractivity contribution in [2.75, 3.05) is 18.1 Å². The Labute approximate surface area is 134 Å². The van der Waals surface area contributed by atoms with E-state index in [1.54, 1.807) is 11.8 Å². The number of para-hydroxylation sites is 1. The molecule has 2 atom stereocenters. The third-order valence-corrected chi connectivity index (χ3v) is 5.39. The molecule has 0 spiro atoms. The molecule has 3 aliphatic rings. The molecular weight excluding hydrogens is 294 g/mol. The number of anilines is 1. The number of Topliss-reactive ketones (excluding diaryl/α,β-unsaturated/α-hetero) is 1. The van der Waals surface area contributed by atoms with Gasteiger partial charge in [-0.2, -0.15) is 0 Å². The highest BCUT2D eigenvalue weighted by molar-refractivity contribution is 6.17. The minimum atomic E-state index is -1.35. The largest absolute Gasteiger partial charge is 0.465 e. The smallest absolute Gasteiger partial charge is 0.322 e. The molecule has 120 valence electrons. The van der Waals surface area contributed by atoms with E-state index >= 15 is 0 Å². The molecule has 1 aliphatic carbocycles. The Kier molecular flexibility index (Phi) is 3.08. The average Bonchev–Trinajstić information content (AvgIpc) is 2.91. The first-order chi connectivity index (χ1) is 11.1. The fourth-order valence-electron chi connectivity index (χ4n) is 4.48. The van der Waals surface area contributed by atoms with Crippen LogP contribution in [0.5, 0.6) is 0 Å². The first-order valence-corrected chi connectivity index (χ1v) is 8.22. The molecule has 1 aromatic rings. The van der Waals surface area contributed by atoms with Gasteiger partial charge in [0.1, 0.15) is 5.78 Å². The Morgan fingerprint density at radius 1 is 1.39 bits per heavy atom. The van der Waals surface area contributed by atoms with E-state index in [2.05, 4.69) is 0 Å². The molecule has 0 radical (unpaired) electrons. The van der Waals surface area contributed by atoms with Gasteiger partial charge in [-0.05, 0) is 30.9 Å². The lowest BCUT2D eigenvalue weighted by Crippen LogP contribution is -2.55. The fourth-order valence-corrected chi connectivity index (χ4v) is 4.48. The molecule has 0 aromatic heterocycles. The first-order valence-electron chi connectivity index (χ1n) is 8.22. The maximum atomic E-state index is 13.2. The number of fused-ring (bicyclic) bond motifs is 2. The number of esters is 1. The van der Waals surface area contributed by atoms with Crippen LogP contribution >= 0.6 is 0 Å². The monoisotopic (exact) mass is 313 g/mol. The normalized spacial score (nSPS) is 28.4. The lowest BCUT2D eigenvalue weighted by Gasteiger charge is -2.45. The molecule has 1 amide bonds. The zero-order valence-corrected chi connectivity index (χ0v) is 13.1. The van der Waals surface area contributed by atoms with Crippen molar-refractivity contribution in [2.24, 2.45) is 5.41 Å². The van der Waals surface area contributed by atoms with E-state index in [1.807, 2.05) is 18.2 Å². The van der Waals surface area contributed by atoms with E-state index in [9.17, 15) is 14.4 Å². The third kappa shape index (κ3) is 1.76. The van der Waals surface area contributed by atoms with Crippen molar-refractivity contribution in [1.82, 2.24) is 0 Å². The van der Waals surface area contributed by atoms with Gasteiger partial charge in [0.05, 0.1) is 12.3 Å². The second kappa shape index (κ2) is 4.91. The molecule has 1 fully saturated rings. The quantitative estimate of drug-likeness (QED) is 0.618. The molecule has 5 nitrogen and oxygen atoms in total. The maximum absolute atomic E-state index is 13.2. The van der Waals surface area contributed by atoms with E-state index < -0.39 is 11.4 Å². The molecule has 2 unspecified atom stereocenters. The molecule has 5 heteroatoms. The van der Waals surface area contributed by atoms with Crippen molar-refractivity contribution in [1.29, 1.82) is 0 Å². The third-order valence-electron chi connectivity index (χ3n) is 5.39. The Bertz CT molecular complexity index is 726. The highest BCUT2D eigenvalue weighted by Crippen LogP contribution is 2.57. The van der Waals surface area contributed by atoms with Crippen LogP contribution < -0.4 is 4.90 Å². The number of carbonyl (C=O) groups excluding carboxylic acids is 3. The summed E-state index contributed by atoms with van der Waals surface area (Å²) in [6.45, 7) is 2.53. The van der Waals surface area contributed by atoms with E-state index in [0.29, 0.717) is 6.54 Å². The summed E-state index contributed by atoms with van der Waals surface area (Å²) in [7, 11) is 0. The van der Waals surface area contributed by atoms with Crippen LogP contribution in [0.1, 0.15) is 43.2 Å². The summed E-state index contributed by atoms with van der Waals surface area (Å²) < 4.78 is 5.22. The second-order valence-corrected chi connectivity index (χ2v) is 6.58. The van der Waals surface area contributed by atoms with Gasteiger partial charge in [-0.15, -0.1) is 0 Å². The Balaban J connectivity index is 1.95. The minimum Gasteiger partial charge on any atom is -0.465 e. The van der Waals surface area contributed by atoms with Crippen molar-refractivity contribution in [3.8, 4) is 0 Å². The summed E-state index contributed by atoms with van der Waals surface area (Å²) in [5, 5.41) is 0. The molecule has 2 aliphatic heterocycles. The average molecular weight is 313 g/mol. The number of hydrogen-bond donors (Lipinski definition) is 0. The standard InChI is InChI=1S/C18H19NO4/c1-2-23-17(22)18-10-12(20)9-14(18)13-7-3-5-11-6-4-8-19(15(11)13)16(18)21/h3,5,7,14H,2,4,6,8-10H2,1H3. The van der Waals surface area contributed by atoms with Gasteiger partial charge in [0, 0.05) is 25.3 Å². The summed E-state index contributed by atoms with van der Waals surface area (Å²) in [4.78, 5) is 39.9. The molecule has 1 saturated carbocycles. The molecule has 4 rings (SSSR count). The number of aryl methyl sites for hydroxylation is 1. The van der Waals surface area contributed by atoms with E-state index in [-0.39, 0.29) is 37.1 Å². The minimum absolute atomic E-state index is 0.0322. The summed E-state index contributed by atoms with van der Waals surface area (Å²) in [5.41, 5.74) is 1.68. The van der Waals surface area contributed by atoms with Gasteiger partial charge in [-0.3, -0.25) is 14.4 Å². The molecular formula is C18H19NO4. The number of hydrogen-bond acceptors (Lipinski definition) is 4. The Morgan fingerprint density at radius 2 is 2.22 bits per heavy atom. The summed E-state index contributed by atoms with van der Waals surface area (Å²) >= 11 is 0. The van der Waals surface area contributed by atoms with Gasteiger partial charge in [0.2, 0.25) is 5.91 Å². The Morgan fingerprint density at radius 3 is 3.00 bits per heavy atom. The first kappa shape index (κ1) is 14.4. The van der Waals surface area contributed by atoms with Crippen LogP contribution in [0, 0.1) is 5.41 Å². The van der Waals surface area contributed by atoms with Crippen molar-refractivity contribution in [3.63, 3.8) is 0 Å².